The zero-order valence-electron chi connectivity index (χ0n) is 20.6. The SMILES string of the molecule is C=C(C(=O)N1CC2C3(c4ccc(Cl)cc4)CCC(c4ccccc43)C2(C(=O)O)C1)c1ccccc1OC. The van der Waals surface area contributed by atoms with Gasteiger partial charge in [-0.1, -0.05) is 72.8 Å². The van der Waals surface area contributed by atoms with E-state index in [1.54, 1.807) is 18.1 Å². The van der Waals surface area contributed by atoms with Crippen molar-refractivity contribution in [2.45, 2.75) is 24.2 Å². The number of methoxy groups -OCH3 is 1. The van der Waals surface area contributed by atoms with Gasteiger partial charge >= 0.3 is 5.97 Å². The van der Waals surface area contributed by atoms with E-state index in [1.165, 1.54) is 5.56 Å². The van der Waals surface area contributed by atoms with Crippen molar-refractivity contribution >= 4 is 29.1 Å². The van der Waals surface area contributed by atoms with Gasteiger partial charge in [0.1, 0.15) is 5.75 Å². The molecule has 0 aromatic heterocycles. The molecule has 6 heteroatoms. The molecule has 188 valence electrons. The molecule has 5 nitrogen and oxygen atoms in total. The maximum atomic E-state index is 13.9. The summed E-state index contributed by atoms with van der Waals surface area (Å²) in [5.41, 5.74) is 2.61. The van der Waals surface area contributed by atoms with Gasteiger partial charge in [0, 0.05) is 46.5 Å². The summed E-state index contributed by atoms with van der Waals surface area (Å²) in [6.07, 6.45) is 1.57. The molecule has 4 unspecified atom stereocenters. The van der Waals surface area contributed by atoms with Crippen LogP contribution in [-0.4, -0.2) is 42.1 Å². The Balaban J connectivity index is 1.49. The van der Waals surface area contributed by atoms with Gasteiger partial charge < -0.3 is 14.7 Å². The van der Waals surface area contributed by atoms with Gasteiger partial charge in [-0.15, -0.1) is 0 Å². The highest BCUT2D eigenvalue weighted by Gasteiger charge is 2.70. The third-order valence-corrected chi connectivity index (χ3v) is 9.33. The number of ether oxygens (including phenoxy) is 1. The minimum absolute atomic E-state index is 0.147. The maximum Gasteiger partial charge on any atom is 0.312 e. The first-order valence-corrected chi connectivity index (χ1v) is 12.9. The fourth-order valence-electron chi connectivity index (χ4n) is 7.56. The van der Waals surface area contributed by atoms with Crippen molar-refractivity contribution in [3.05, 3.63) is 107 Å². The van der Waals surface area contributed by atoms with E-state index in [-0.39, 0.29) is 24.3 Å². The first-order valence-electron chi connectivity index (χ1n) is 12.5. The normalized spacial score (nSPS) is 27.4. The van der Waals surface area contributed by atoms with Crippen LogP contribution in [-0.2, 0) is 15.0 Å². The Morgan fingerprint density at radius 3 is 2.49 bits per heavy atom. The summed E-state index contributed by atoms with van der Waals surface area (Å²) >= 11 is 6.25. The van der Waals surface area contributed by atoms with Crippen LogP contribution in [0.1, 0.15) is 41.0 Å². The predicted molar refractivity (Wildman–Crippen MR) is 143 cm³/mol. The first-order chi connectivity index (χ1) is 17.8. The molecule has 1 N–H and O–H groups in total. The number of carboxylic acid groups (broad SMARTS) is 1. The van der Waals surface area contributed by atoms with Gasteiger partial charge in [-0.25, -0.2) is 0 Å². The molecule has 3 aromatic rings. The molecule has 3 aliphatic carbocycles. The summed E-state index contributed by atoms with van der Waals surface area (Å²) in [5.74, 6) is -0.988. The molecule has 2 bridgehead atoms. The monoisotopic (exact) mass is 513 g/mol. The third kappa shape index (κ3) is 3.16. The summed E-state index contributed by atoms with van der Waals surface area (Å²) < 4.78 is 5.47. The molecule has 4 aliphatic rings. The lowest BCUT2D eigenvalue weighted by molar-refractivity contribution is -0.157. The van der Waals surface area contributed by atoms with E-state index >= 15 is 0 Å². The van der Waals surface area contributed by atoms with Crippen LogP contribution in [0.2, 0.25) is 5.02 Å². The molecule has 1 saturated heterocycles. The molecule has 1 heterocycles. The number of nitrogens with zero attached hydrogens (tertiary/aromatic N) is 1. The second-order valence-electron chi connectivity index (χ2n) is 10.4. The van der Waals surface area contributed by atoms with Gasteiger partial charge in [0.25, 0.3) is 5.91 Å². The largest absolute Gasteiger partial charge is 0.496 e. The van der Waals surface area contributed by atoms with E-state index in [0.29, 0.717) is 28.5 Å². The van der Waals surface area contributed by atoms with E-state index in [4.69, 9.17) is 16.3 Å². The van der Waals surface area contributed by atoms with E-state index in [2.05, 4.69) is 18.7 Å². The average Bonchev–Trinajstić information content (AvgIpc) is 3.37. The number of benzene rings is 3. The summed E-state index contributed by atoms with van der Waals surface area (Å²) in [6, 6.07) is 23.3. The number of fused-ring (bicyclic) bond motifs is 1. The number of carboxylic acids is 1. The highest BCUT2D eigenvalue weighted by Crippen LogP contribution is 2.69. The van der Waals surface area contributed by atoms with Crippen molar-refractivity contribution in [3.8, 4) is 5.75 Å². The summed E-state index contributed by atoms with van der Waals surface area (Å²) in [4.78, 5) is 28.9. The minimum Gasteiger partial charge on any atom is -0.496 e. The topological polar surface area (TPSA) is 66.8 Å². The fraction of sp³-hybridized carbons (Fsp3) is 0.290. The van der Waals surface area contributed by atoms with Crippen molar-refractivity contribution in [2.75, 3.05) is 20.2 Å². The molecular formula is C31H28ClNO4. The van der Waals surface area contributed by atoms with E-state index < -0.39 is 16.8 Å². The van der Waals surface area contributed by atoms with Crippen molar-refractivity contribution < 1.29 is 19.4 Å². The van der Waals surface area contributed by atoms with Gasteiger partial charge in [0.15, 0.2) is 0 Å². The van der Waals surface area contributed by atoms with Crippen LogP contribution < -0.4 is 4.74 Å². The molecule has 37 heavy (non-hydrogen) atoms. The van der Waals surface area contributed by atoms with Crippen LogP contribution >= 0.6 is 11.6 Å². The maximum absolute atomic E-state index is 13.9. The molecule has 1 saturated carbocycles. The molecule has 0 radical (unpaired) electrons. The summed E-state index contributed by atoms with van der Waals surface area (Å²) in [7, 11) is 1.56. The third-order valence-electron chi connectivity index (χ3n) is 9.07. The Kier molecular flexibility index (Phi) is 5.46. The minimum atomic E-state index is -1.09. The highest BCUT2D eigenvalue weighted by molar-refractivity contribution is 6.30. The van der Waals surface area contributed by atoms with Crippen LogP contribution in [0.15, 0.2) is 79.4 Å². The molecular weight excluding hydrogens is 486 g/mol. The van der Waals surface area contributed by atoms with Gasteiger partial charge in [-0.2, -0.15) is 0 Å². The second-order valence-corrected chi connectivity index (χ2v) is 10.9. The van der Waals surface area contributed by atoms with E-state index in [0.717, 1.165) is 24.0 Å². The van der Waals surface area contributed by atoms with Crippen LogP contribution in [0.3, 0.4) is 0 Å². The Bertz CT molecular complexity index is 1430. The number of likely N-dealkylation sites (tertiary alicyclic amines) is 1. The molecule has 4 atom stereocenters. The van der Waals surface area contributed by atoms with Crippen LogP contribution in [0.25, 0.3) is 5.57 Å². The van der Waals surface area contributed by atoms with Crippen molar-refractivity contribution in [2.24, 2.45) is 11.3 Å². The van der Waals surface area contributed by atoms with Crippen LogP contribution in [0.5, 0.6) is 5.75 Å². The van der Waals surface area contributed by atoms with E-state index in [9.17, 15) is 14.7 Å². The van der Waals surface area contributed by atoms with Crippen LogP contribution in [0.4, 0.5) is 0 Å². The summed E-state index contributed by atoms with van der Waals surface area (Å²) in [5, 5.41) is 11.5. The Hall–Kier alpha value is -3.57. The lowest BCUT2D eigenvalue weighted by Gasteiger charge is -2.59. The zero-order valence-corrected chi connectivity index (χ0v) is 21.4. The number of hydrogen-bond acceptors (Lipinski definition) is 3. The quantitative estimate of drug-likeness (QED) is 0.440. The van der Waals surface area contributed by atoms with E-state index in [1.807, 2.05) is 54.6 Å². The standard InChI is InChI=1S/C31H28ClNO4/c1-19(22-7-4-6-10-26(22)37-2)28(34)33-17-27-30(20-11-13-21(32)14-12-20)16-15-25(31(27,18-33)29(35)36)23-8-3-5-9-24(23)30/h3-14,25,27H,1,15-18H2,2H3,(H,35,36). The number of halogens is 1. The number of carbonyl (C=O) groups excluding carboxylic acids is 1. The molecule has 1 aliphatic heterocycles. The van der Waals surface area contributed by atoms with Crippen molar-refractivity contribution in [1.29, 1.82) is 0 Å². The average molecular weight is 514 g/mol. The van der Waals surface area contributed by atoms with Crippen molar-refractivity contribution in [1.82, 2.24) is 4.90 Å². The lowest BCUT2D eigenvalue weighted by Crippen LogP contribution is -2.60. The molecule has 7 rings (SSSR count). The number of aliphatic carboxylic acids is 1. The Morgan fingerprint density at radius 2 is 1.76 bits per heavy atom. The Labute approximate surface area is 221 Å². The molecule has 0 spiro atoms. The van der Waals surface area contributed by atoms with Gasteiger partial charge in [0.05, 0.1) is 12.5 Å². The zero-order chi connectivity index (χ0) is 25.9. The first kappa shape index (κ1) is 23.8. The van der Waals surface area contributed by atoms with Gasteiger partial charge in [0.2, 0.25) is 0 Å². The molecule has 2 fully saturated rings. The number of hydrogen-bond donors (Lipinski definition) is 1. The number of carbonyl (C=O) groups is 2. The molecule has 3 aromatic carbocycles. The fourth-order valence-corrected chi connectivity index (χ4v) is 7.68. The van der Waals surface area contributed by atoms with Gasteiger partial charge in [-0.3, -0.25) is 9.59 Å². The predicted octanol–water partition coefficient (Wildman–Crippen LogP) is 5.77. The molecule has 1 amide bonds. The van der Waals surface area contributed by atoms with Gasteiger partial charge in [-0.05, 0) is 47.7 Å². The van der Waals surface area contributed by atoms with Crippen LogP contribution in [0, 0.1) is 11.3 Å². The number of rotatable bonds is 5. The summed E-state index contributed by atoms with van der Waals surface area (Å²) in [6.45, 7) is 4.60. The Morgan fingerprint density at radius 1 is 1.05 bits per heavy atom. The highest BCUT2D eigenvalue weighted by atomic mass is 35.5. The lowest BCUT2D eigenvalue weighted by atomic mass is 9.42. The number of para-hydroxylation sites is 1. The second kappa shape index (κ2) is 8.49. The number of amides is 1. The van der Waals surface area contributed by atoms with Crippen molar-refractivity contribution in [3.63, 3.8) is 0 Å². The smallest absolute Gasteiger partial charge is 0.312 e.